The molecule has 1 saturated heterocycles. The summed E-state index contributed by atoms with van der Waals surface area (Å²) in [5, 5.41) is 3.94. The highest BCUT2D eigenvalue weighted by molar-refractivity contribution is 5.92. The van der Waals surface area contributed by atoms with E-state index >= 15 is 0 Å². The van der Waals surface area contributed by atoms with Crippen molar-refractivity contribution in [3.8, 4) is 11.3 Å². The maximum Gasteiger partial charge on any atom is 0.292 e. The average molecular weight is 351 g/mol. The number of nitrogens with zero attached hydrogens (tertiary/aromatic N) is 3. The molecule has 1 aliphatic heterocycles. The van der Waals surface area contributed by atoms with Gasteiger partial charge >= 0.3 is 0 Å². The van der Waals surface area contributed by atoms with E-state index in [0.29, 0.717) is 24.3 Å². The molecule has 26 heavy (non-hydrogen) atoms. The van der Waals surface area contributed by atoms with Crippen LogP contribution in [0.15, 0.2) is 65.2 Å². The summed E-state index contributed by atoms with van der Waals surface area (Å²) < 4.78 is 18.3. The second kappa shape index (κ2) is 7.00. The van der Waals surface area contributed by atoms with Crippen molar-refractivity contribution >= 4 is 11.6 Å². The van der Waals surface area contributed by atoms with Gasteiger partial charge in [0.05, 0.1) is 0 Å². The highest BCUT2D eigenvalue weighted by atomic mass is 19.1. The number of aromatic nitrogens is 1. The lowest BCUT2D eigenvalue weighted by Crippen LogP contribution is -2.48. The van der Waals surface area contributed by atoms with Crippen LogP contribution >= 0.6 is 0 Å². The highest BCUT2D eigenvalue weighted by Crippen LogP contribution is 2.21. The first kappa shape index (κ1) is 16.3. The first-order valence-corrected chi connectivity index (χ1v) is 8.52. The largest absolute Gasteiger partial charge is 0.368 e. The predicted octanol–water partition coefficient (Wildman–Crippen LogP) is 3.44. The van der Waals surface area contributed by atoms with E-state index in [4.69, 9.17) is 4.52 Å². The molecule has 1 fully saturated rings. The van der Waals surface area contributed by atoms with Crippen LogP contribution in [-0.2, 0) is 0 Å². The zero-order valence-corrected chi connectivity index (χ0v) is 14.1. The predicted molar refractivity (Wildman–Crippen MR) is 96.5 cm³/mol. The maximum absolute atomic E-state index is 13.0. The van der Waals surface area contributed by atoms with Gasteiger partial charge in [-0.05, 0) is 36.4 Å². The Hall–Kier alpha value is -3.15. The molecule has 0 bridgehead atoms. The zero-order valence-electron chi connectivity index (χ0n) is 14.1. The number of benzene rings is 2. The lowest BCUT2D eigenvalue weighted by atomic mass is 10.1. The molecular weight excluding hydrogens is 333 g/mol. The Morgan fingerprint density at radius 3 is 2.35 bits per heavy atom. The first-order valence-electron chi connectivity index (χ1n) is 8.52. The van der Waals surface area contributed by atoms with Gasteiger partial charge in [-0.3, -0.25) is 4.79 Å². The Bertz CT molecular complexity index is 885. The van der Waals surface area contributed by atoms with Crippen molar-refractivity contribution in [2.75, 3.05) is 31.1 Å². The van der Waals surface area contributed by atoms with Crippen LogP contribution in [-0.4, -0.2) is 42.1 Å². The molecule has 1 aliphatic rings. The van der Waals surface area contributed by atoms with E-state index in [0.717, 1.165) is 18.8 Å². The molecule has 2 aromatic carbocycles. The zero-order chi connectivity index (χ0) is 17.9. The number of carbonyl (C=O) groups is 1. The molecule has 0 spiro atoms. The van der Waals surface area contributed by atoms with E-state index < -0.39 is 0 Å². The standard InChI is InChI=1S/C20H18FN3O2/c21-16-8-6-15(7-9-16)18-14-19(26-22-18)20(25)24-12-10-23(11-13-24)17-4-2-1-3-5-17/h1-9,14H,10-13H2. The Morgan fingerprint density at radius 1 is 0.962 bits per heavy atom. The molecule has 0 aliphatic carbocycles. The molecule has 0 saturated carbocycles. The fourth-order valence-electron chi connectivity index (χ4n) is 3.10. The van der Waals surface area contributed by atoms with Gasteiger partial charge in [-0.2, -0.15) is 0 Å². The molecule has 1 amide bonds. The number of hydrogen-bond acceptors (Lipinski definition) is 4. The summed E-state index contributed by atoms with van der Waals surface area (Å²) in [5.41, 5.74) is 2.40. The van der Waals surface area contributed by atoms with E-state index in [-0.39, 0.29) is 17.5 Å². The number of piperazine rings is 1. The van der Waals surface area contributed by atoms with Crippen molar-refractivity contribution in [3.63, 3.8) is 0 Å². The number of rotatable bonds is 3. The van der Waals surface area contributed by atoms with Gasteiger partial charge < -0.3 is 14.3 Å². The normalized spacial score (nSPS) is 14.5. The second-order valence-corrected chi connectivity index (χ2v) is 6.20. The van der Waals surface area contributed by atoms with Crippen LogP contribution in [0, 0.1) is 5.82 Å². The lowest BCUT2D eigenvalue weighted by molar-refractivity contribution is 0.0705. The Balaban J connectivity index is 1.42. The SMILES string of the molecule is O=C(c1cc(-c2ccc(F)cc2)no1)N1CCN(c2ccccc2)CC1. The number of hydrogen-bond donors (Lipinski definition) is 0. The van der Waals surface area contributed by atoms with Crippen LogP contribution in [0.25, 0.3) is 11.3 Å². The van der Waals surface area contributed by atoms with E-state index in [1.807, 2.05) is 18.2 Å². The van der Waals surface area contributed by atoms with Crippen LogP contribution in [0.2, 0.25) is 0 Å². The summed E-state index contributed by atoms with van der Waals surface area (Å²) in [7, 11) is 0. The molecule has 0 unspecified atom stereocenters. The van der Waals surface area contributed by atoms with Gasteiger partial charge in [0.1, 0.15) is 11.5 Å². The van der Waals surface area contributed by atoms with Crippen LogP contribution in [0.4, 0.5) is 10.1 Å². The minimum absolute atomic E-state index is 0.168. The summed E-state index contributed by atoms with van der Waals surface area (Å²) in [6.45, 7) is 2.80. The Kier molecular flexibility index (Phi) is 4.39. The Labute approximate surface area is 150 Å². The Morgan fingerprint density at radius 2 is 1.65 bits per heavy atom. The number of carbonyl (C=O) groups excluding carboxylic acids is 1. The van der Waals surface area contributed by atoms with Gasteiger partial charge in [0.15, 0.2) is 0 Å². The third-order valence-electron chi connectivity index (χ3n) is 4.55. The van der Waals surface area contributed by atoms with Crippen molar-refractivity contribution in [1.82, 2.24) is 10.1 Å². The van der Waals surface area contributed by atoms with Crippen molar-refractivity contribution in [1.29, 1.82) is 0 Å². The number of amides is 1. The summed E-state index contributed by atoms with van der Waals surface area (Å²) in [5.74, 6) is -0.277. The van der Waals surface area contributed by atoms with Crippen LogP contribution in [0.1, 0.15) is 10.6 Å². The molecule has 5 nitrogen and oxygen atoms in total. The van der Waals surface area contributed by atoms with Crippen molar-refractivity contribution in [2.24, 2.45) is 0 Å². The third-order valence-corrected chi connectivity index (χ3v) is 4.55. The molecule has 1 aromatic heterocycles. The smallest absolute Gasteiger partial charge is 0.292 e. The third kappa shape index (κ3) is 3.31. The molecule has 0 N–H and O–H groups in total. The quantitative estimate of drug-likeness (QED) is 0.725. The molecule has 0 radical (unpaired) electrons. The van der Waals surface area contributed by atoms with E-state index in [9.17, 15) is 9.18 Å². The van der Waals surface area contributed by atoms with Crippen molar-refractivity contribution in [2.45, 2.75) is 0 Å². The minimum Gasteiger partial charge on any atom is -0.368 e. The minimum atomic E-state index is -0.315. The number of para-hydroxylation sites is 1. The summed E-state index contributed by atoms with van der Waals surface area (Å²) in [6, 6.07) is 17.7. The summed E-state index contributed by atoms with van der Waals surface area (Å²) in [6.07, 6.45) is 0. The van der Waals surface area contributed by atoms with Crippen LogP contribution in [0.5, 0.6) is 0 Å². The van der Waals surface area contributed by atoms with Gasteiger partial charge in [0, 0.05) is 43.5 Å². The molecule has 6 heteroatoms. The number of halogens is 1. The van der Waals surface area contributed by atoms with E-state index in [1.54, 1.807) is 23.1 Å². The monoisotopic (exact) mass is 351 g/mol. The maximum atomic E-state index is 13.0. The molecule has 3 aromatic rings. The van der Waals surface area contributed by atoms with E-state index in [1.165, 1.54) is 12.1 Å². The van der Waals surface area contributed by atoms with Gasteiger partial charge in [-0.25, -0.2) is 4.39 Å². The van der Waals surface area contributed by atoms with Gasteiger partial charge in [-0.15, -0.1) is 0 Å². The molecular formula is C20H18FN3O2. The van der Waals surface area contributed by atoms with Crippen LogP contribution in [0.3, 0.4) is 0 Å². The first-order chi connectivity index (χ1) is 12.7. The van der Waals surface area contributed by atoms with Crippen molar-refractivity contribution < 1.29 is 13.7 Å². The molecule has 2 heterocycles. The topological polar surface area (TPSA) is 49.6 Å². The molecule has 0 atom stereocenters. The molecule has 4 rings (SSSR count). The van der Waals surface area contributed by atoms with Gasteiger partial charge in [0.25, 0.3) is 5.91 Å². The van der Waals surface area contributed by atoms with Crippen molar-refractivity contribution in [3.05, 3.63) is 72.2 Å². The highest BCUT2D eigenvalue weighted by Gasteiger charge is 2.25. The molecule has 132 valence electrons. The van der Waals surface area contributed by atoms with Crippen LogP contribution < -0.4 is 4.90 Å². The average Bonchev–Trinajstić information content (AvgIpc) is 3.19. The fourth-order valence-corrected chi connectivity index (χ4v) is 3.10. The number of anilines is 1. The second-order valence-electron chi connectivity index (χ2n) is 6.20. The van der Waals surface area contributed by atoms with Gasteiger partial charge in [0.2, 0.25) is 5.76 Å². The summed E-state index contributed by atoms with van der Waals surface area (Å²) >= 11 is 0. The van der Waals surface area contributed by atoms with Gasteiger partial charge in [-0.1, -0.05) is 23.4 Å². The summed E-state index contributed by atoms with van der Waals surface area (Å²) in [4.78, 5) is 16.7. The fraction of sp³-hybridized carbons (Fsp3) is 0.200. The lowest BCUT2D eigenvalue weighted by Gasteiger charge is -2.35. The van der Waals surface area contributed by atoms with E-state index in [2.05, 4.69) is 22.2 Å².